The Hall–Kier alpha value is -0.930. The molecule has 0 amide bonds. The molecule has 1 aromatic carbocycles. The van der Waals surface area contributed by atoms with E-state index in [-0.39, 0.29) is 5.82 Å². The quantitative estimate of drug-likeness (QED) is 0.755. The van der Waals surface area contributed by atoms with Crippen LogP contribution in [-0.2, 0) is 6.42 Å². The van der Waals surface area contributed by atoms with Gasteiger partial charge in [0.25, 0.3) is 0 Å². The number of hydrogen-bond acceptors (Lipinski definition) is 2. The first-order chi connectivity index (χ1) is 7.70. The molecule has 0 saturated heterocycles. The molecule has 0 bridgehead atoms. The highest BCUT2D eigenvalue weighted by Crippen LogP contribution is 2.24. The van der Waals surface area contributed by atoms with Crippen LogP contribution in [0.5, 0.6) is 0 Å². The Labute approximate surface area is 103 Å². The molecule has 0 unspecified atom stereocenters. The summed E-state index contributed by atoms with van der Waals surface area (Å²) in [5, 5.41) is 3.00. The second-order valence-corrected chi connectivity index (χ2v) is 4.85. The van der Waals surface area contributed by atoms with Crippen molar-refractivity contribution in [2.24, 2.45) is 0 Å². The Balaban J connectivity index is 2.31. The summed E-state index contributed by atoms with van der Waals surface area (Å²) in [5.41, 5.74) is 2.49. The van der Waals surface area contributed by atoms with E-state index in [0.29, 0.717) is 11.4 Å². The van der Waals surface area contributed by atoms with Crippen molar-refractivity contribution < 1.29 is 4.39 Å². The van der Waals surface area contributed by atoms with Gasteiger partial charge < -0.3 is 0 Å². The SMILES string of the molecule is Cc1cc(-c2csc(CCCl)n2)ccc1F. The summed E-state index contributed by atoms with van der Waals surface area (Å²) >= 11 is 7.24. The number of hydrogen-bond donors (Lipinski definition) is 0. The molecular formula is C12H11ClFNS. The molecule has 0 aliphatic heterocycles. The van der Waals surface area contributed by atoms with Crippen LogP contribution in [0.1, 0.15) is 10.6 Å². The highest BCUT2D eigenvalue weighted by molar-refractivity contribution is 7.10. The number of alkyl halides is 1. The molecule has 1 nitrogen and oxygen atoms in total. The normalized spacial score (nSPS) is 10.7. The Morgan fingerprint density at radius 1 is 1.44 bits per heavy atom. The highest BCUT2D eigenvalue weighted by Gasteiger charge is 2.06. The fourth-order valence-corrected chi connectivity index (χ4v) is 2.54. The van der Waals surface area contributed by atoms with Crippen molar-refractivity contribution >= 4 is 22.9 Å². The van der Waals surface area contributed by atoms with E-state index in [1.807, 2.05) is 11.4 Å². The lowest BCUT2D eigenvalue weighted by Gasteiger charge is -1.99. The molecule has 0 N–H and O–H groups in total. The van der Waals surface area contributed by atoms with Crippen molar-refractivity contribution in [3.63, 3.8) is 0 Å². The van der Waals surface area contributed by atoms with Crippen LogP contribution in [0.2, 0.25) is 0 Å². The second kappa shape index (κ2) is 4.93. The predicted octanol–water partition coefficient (Wildman–Crippen LogP) is 4.04. The number of aryl methyl sites for hydroxylation is 2. The molecular weight excluding hydrogens is 245 g/mol. The van der Waals surface area contributed by atoms with Gasteiger partial charge in [-0.05, 0) is 30.7 Å². The number of thiazole rings is 1. The average molecular weight is 256 g/mol. The van der Waals surface area contributed by atoms with Crippen LogP contribution in [0.15, 0.2) is 23.6 Å². The van der Waals surface area contributed by atoms with Crippen LogP contribution in [0.25, 0.3) is 11.3 Å². The van der Waals surface area contributed by atoms with Gasteiger partial charge in [-0.15, -0.1) is 22.9 Å². The van der Waals surface area contributed by atoms with E-state index in [4.69, 9.17) is 11.6 Å². The van der Waals surface area contributed by atoms with Crippen LogP contribution in [0.3, 0.4) is 0 Å². The maximum absolute atomic E-state index is 13.1. The zero-order valence-electron chi connectivity index (χ0n) is 8.84. The molecule has 2 rings (SSSR count). The van der Waals surface area contributed by atoms with Crippen molar-refractivity contribution in [2.45, 2.75) is 13.3 Å². The van der Waals surface area contributed by atoms with Gasteiger partial charge in [0.1, 0.15) is 5.82 Å². The van der Waals surface area contributed by atoms with Crippen LogP contribution in [0.4, 0.5) is 4.39 Å². The van der Waals surface area contributed by atoms with Crippen LogP contribution in [-0.4, -0.2) is 10.9 Å². The van der Waals surface area contributed by atoms with E-state index in [1.54, 1.807) is 24.3 Å². The maximum Gasteiger partial charge on any atom is 0.126 e. The monoisotopic (exact) mass is 255 g/mol. The zero-order chi connectivity index (χ0) is 11.5. The van der Waals surface area contributed by atoms with Gasteiger partial charge >= 0.3 is 0 Å². The average Bonchev–Trinajstić information content (AvgIpc) is 2.71. The third kappa shape index (κ3) is 2.42. The first-order valence-corrected chi connectivity index (χ1v) is 6.39. The predicted molar refractivity (Wildman–Crippen MR) is 66.7 cm³/mol. The Bertz CT molecular complexity index is 496. The van der Waals surface area contributed by atoms with Gasteiger partial charge in [0, 0.05) is 23.2 Å². The van der Waals surface area contributed by atoms with Crippen LogP contribution >= 0.6 is 22.9 Å². The smallest absolute Gasteiger partial charge is 0.126 e. The minimum Gasteiger partial charge on any atom is -0.241 e. The molecule has 2 aromatic rings. The Morgan fingerprint density at radius 2 is 2.25 bits per heavy atom. The van der Waals surface area contributed by atoms with Crippen molar-refractivity contribution in [2.75, 3.05) is 5.88 Å². The van der Waals surface area contributed by atoms with E-state index in [9.17, 15) is 4.39 Å². The molecule has 0 aliphatic rings. The van der Waals surface area contributed by atoms with Crippen molar-refractivity contribution in [3.05, 3.63) is 40.0 Å². The van der Waals surface area contributed by atoms with Crippen LogP contribution < -0.4 is 0 Å². The first kappa shape index (κ1) is 11.6. The maximum atomic E-state index is 13.1. The zero-order valence-corrected chi connectivity index (χ0v) is 10.4. The lowest BCUT2D eigenvalue weighted by molar-refractivity contribution is 0.619. The number of aromatic nitrogens is 1. The fraction of sp³-hybridized carbons (Fsp3) is 0.250. The molecule has 0 radical (unpaired) electrons. The lowest BCUT2D eigenvalue weighted by Crippen LogP contribution is -1.87. The third-order valence-corrected chi connectivity index (χ3v) is 3.41. The summed E-state index contributed by atoms with van der Waals surface area (Å²) in [4.78, 5) is 4.45. The number of benzene rings is 1. The number of halogens is 2. The summed E-state index contributed by atoms with van der Waals surface area (Å²) in [6.07, 6.45) is 0.784. The van der Waals surface area contributed by atoms with Gasteiger partial charge in [0.05, 0.1) is 10.7 Å². The Kier molecular flexibility index (Phi) is 3.56. The standard InChI is InChI=1S/C12H11ClFNS/c1-8-6-9(2-3-10(8)14)11-7-16-12(15-11)4-5-13/h2-3,6-7H,4-5H2,1H3. The van der Waals surface area contributed by atoms with E-state index in [0.717, 1.165) is 22.7 Å². The van der Waals surface area contributed by atoms with Crippen LogP contribution in [0, 0.1) is 12.7 Å². The van der Waals surface area contributed by atoms with Crippen molar-refractivity contribution in [1.29, 1.82) is 0 Å². The Morgan fingerprint density at radius 3 is 2.94 bits per heavy atom. The molecule has 0 spiro atoms. The summed E-state index contributed by atoms with van der Waals surface area (Å²) in [7, 11) is 0. The van der Waals surface area contributed by atoms with Gasteiger partial charge in [-0.2, -0.15) is 0 Å². The van der Waals surface area contributed by atoms with Crippen molar-refractivity contribution in [3.8, 4) is 11.3 Å². The molecule has 0 saturated carbocycles. The van der Waals surface area contributed by atoms with Gasteiger partial charge in [-0.3, -0.25) is 0 Å². The summed E-state index contributed by atoms with van der Waals surface area (Å²) in [6, 6.07) is 5.04. The van der Waals surface area contributed by atoms with Gasteiger partial charge in [0.15, 0.2) is 0 Å². The number of nitrogens with zero attached hydrogens (tertiary/aromatic N) is 1. The summed E-state index contributed by atoms with van der Waals surface area (Å²) in [5.74, 6) is 0.398. The van der Waals surface area contributed by atoms with E-state index in [2.05, 4.69) is 4.98 Å². The highest BCUT2D eigenvalue weighted by atomic mass is 35.5. The molecule has 1 heterocycles. The minimum atomic E-state index is -0.181. The molecule has 0 atom stereocenters. The molecule has 0 fully saturated rings. The van der Waals surface area contributed by atoms with Gasteiger partial charge in [-0.1, -0.05) is 0 Å². The van der Waals surface area contributed by atoms with E-state index in [1.165, 1.54) is 6.07 Å². The second-order valence-electron chi connectivity index (χ2n) is 3.53. The largest absolute Gasteiger partial charge is 0.241 e. The van der Waals surface area contributed by atoms with Gasteiger partial charge in [0.2, 0.25) is 0 Å². The van der Waals surface area contributed by atoms with E-state index >= 15 is 0 Å². The molecule has 0 aliphatic carbocycles. The fourth-order valence-electron chi connectivity index (χ4n) is 1.44. The molecule has 1 aromatic heterocycles. The summed E-state index contributed by atoms with van der Waals surface area (Å²) in [6.45, 7) is 1.75. The first-order valence-electron chi connectivity index (χ1n) is 4.97. The number of rotatable bonds is 3. The summed E-state index contributed by atoms with van der Waals surface area (Å²) < 4.78 is 13.1. The van der Waals surface area contributed by atoms with Gasteiger partial charge in [-0.25, -0.2) is 9.37 Å². The molecule has 84 valence electrons. The van der Waals surface area contributed by atoms with Crippen molar-refractivity contribution in [1.82, 2.24) is 4.98 Å². The molecule has 4 heteroatoms. The lowest BCUT2D eigenvalue weighted by atomic mass is 10.1. The van der Waals surface area contributed by atoms with E-state index < -0.39 is 0 Å². The molecule has 16 heavy (non-hydrogen) atoms. The topological polar surface area (TPSA) is 12.9 Å². The minimum absolute atomic E-state index is 0.181. The third-order valence-electron chi connectivity index (χ3n) is 2.31.